The second kappa shape index (κ2) is 11.0. The standard InChI is InChI=1S/C16H22BNO4.C10H10BrNO2/c1-15(2)16(3,4)22-17(21-15)12-5-7-13(8-6-12)18-9-10-20-11-14(18)19;11-8-1-3-9(4-2-8)12-5-6-14-7-10(12)13/h5-8H,9-11H2,1-4H3;1-4H,5-7H2. The minimum absolute atomic E-state index is 0.00497. The van der Waals surface area contributed by atoms with E-state index in [0.717, 1.165) is 21.3 Å². The maximum absolute atomic E-state index is 11.9. The highest BCUT2D eigenvalue weighted by molar-refractivity contribution is 9.10. The van der Waals surface area contributed by atoms with Crippen molar-refractivity contribution in [3.05, 3.63) is 53.0 Å². The molecule has 0 saturated carbocycles. The summed E-state index contributed by atoms with van der Waals surface area (Å²) in [5.74, 6) is 0.0215. The minimum atomic E-state index is -0.376. The van der Waals surface area contributed by atoms with Gasteiger partial charge in [0.2, 0.25) is 0 Å². The van der Waals surface area contributed by atoms with Crippen molar-refractivity contribution in [2.24, 2.45) is 0 Å². The van der Waals surface area contributed by atoms with E-state index in [4.69, 9.17) is 18.8 Å². The van der Waals surface area contributed by atoms with E-state index in [0.29, 0.717) is 26.3 Å². The Morgan fingerprint density at radius 3 is 1.56 bits per heavy atom. The Hall–Kier alpha value is -2.24. The van der Waals surface area contributed by atoms with Gasteiger partial charge in [0.05, 0.1) is 24.4 Å². The van der Waals surface area contributed by atoms with Crippen LogP contribution in [0.3, 0.4) is 0 Å². The van der Waals surface area contributed by atoms with E-state index in [1.807, 2.05) is 76.2 Å². The van der Waals surface area contributed by atoms with E-state index < -0.39 is 0 Å². The summed E-state index contributed by atoms with van der Waals surface area (Å²) in [6.07, 6.45) is 0. The first-order chi connectivity index (χ1) is 17.1. The molecule has 0 unspecified atom stereocenters. The smallest absolute Gasteiger partial charge is 0.399 e. The Morgan fingerprint density at radius 2 is 1.14 bits per heavy atom. The van der Waals surface area contributed by atoms with Crippen LogP contribution in [0, 0.1) is 0 Å². The first-order valence-electron chi connectivity index (χ1n) is 12.0. The van der Waals surface area contributed by atoms with E-state index in [-0.39, 0.29) is 43.3 Å². The van der Waals surface area contributed by atoms with E-state index >= 15 is 0 Å². The molecule has 3 aliphatic heterocycles. The Kier molecular flexibility index (Phi) is 8.21. The van der Waals surface area contributed by atoms with Gasteiger partial charge in [0.25, 0.3) is 11.8 Å². The highest BCUT2D eigenvalue weighted by atomic mass is 79.9. The Balaban J connectivity index is 0.000000187. The molecule has 2 amide bonds. The molecule has 0 N–H and O–H groups in total. The number of carbonyl (C=O) groups excluding carboxylic acids is 2. The normalized spacial score (nSPS) is 21.3. The first kappa shape index (κ1) is 26.8. The quantitative estimate of drug-likeness (QED) is 0.539. The molecular formula is C26H32BBrN2O6. The van der Waals surface area contributed by atoms with Gasteiger partial charge in [-0.05, 0) is 69.6 Å². The van der Waals surface area contributed by atoms with Gasteiger partial charge in [-0.2, -0.15) is 0 Å². The molecule has 2 aromatic carbocycles. The van der Waals surface area contributed by atoms with Crippen LogP contribution in [-0.4, -0.2) is 69.7 Å². The van der Waals surface area contributed by atoms with Crippen LogP contribution in [0.5, 0.6) is 0 Å². The van der Waals surface area contributed by atoms with E-state index in [9.17, 15) is 9.59 Å². The zero-order chi connectivity index (χ0) is 25.9. The first-order valence-corrected chi connectivity index (χ1v) is 12.8. The van der Waals surface area contributed by atoms with Crippen molar-refractivity contribution in [3.8, 4) is 0 Å². The molecule has 0 bridgehead atoms. The van der Waals surface area contributed by atoms with Crippen molar-refractivity contribution in [2.45, 2.75) is 38.9 Å². The largest absolute Gasteiger partial charge is 0.494 e. The maximum Gasteiger partial charge on any atom is 0.494 e. The summed E-state index contributed by atoms with van der Waals surface area (Å²) in [7, 11) is -0.376. The summed E-state index contributed by atoms with van der Waals surface area (Å²) >= 11 is 3.36. The average molecular weight is 559 g/mol. The molecule has 3 aliphatic rings. The van der Waals surface area contributed by atoms with Gasteiger partial charge >= 0.3 is 7.12 Å². The van der Waals surface area contributed by atoms with Crippen LogP contribution < -0.4 is 15.3 Å². The van der Waals surface area contributed by atoms with Crippen molar-refractivity contribution >= 4 is 51.7 Å². The van der Waals surface area contributed by atoms with Crippen LogP contribution >= 0.6 is 15.9 Å². The maximum atomic E-state index is 11.9. The monoisotopic (exact) mass is 558 g/mol. The van der Waals surface area contributed by atoms with Crippen LogP contribution in [0.1, 0.15) is 27.7 Å². The predicted octanol–water partition coefficient (Wildman–Crippen LogP) is 3.16. The number of halogens is 1. The fourth-order valence-corrected chi connectivity index (χ4v) is 4.26. The Morgan fingerprint density at radius 1 is 0.722 bits per heavy atom. The van der Waals surface area contributed by atoms with Gasteiger partial charge in [-0.3, -0.25) is 9.59 Å². The molecule has 10 heteroatoms. The Labute approximate surface area is 221 Å². The van der Waals surface area contributed by atoms with Gasteiger partial charge in [-0.15, -0.1) is 0 Å². The second-order valence-corrected chi connectivity index (χ2v) is 10.8. The highest BCUT2D eigenvalue weighted by Crippen LogP contribution is 2.36. The fourth-order valence-electron chi connectivity index (χ4n) is 3.99. The van der Waals surface area contributed by atoms with E-state index in [1.54, 1.807) is 9.80 Å². The molecule has 0 aliphatic carbocycles. The zero-order valence-corrected chi connectivity index (χ0v) is 22.7. The molecule has 0 radical (unpaired) electrons. The van der Waals surface area contributed by atoms with Crippen molar-refractivity contribution in [1.29, 1.82) is 0 Å². The molecule has 2 aromatic rings. The summed E-state index contributed by atoms with van der Waals surface area (Å²) in [5.41, 5.74) is 2.07. The van der Waals surface area contributed by atoms with Crippen LogP contribution in [0.25, 0.3) is 0 Å². The molecule has 8 nitrogen and oxygen atoms in total. The number of rotatable bonds is 3. The third-order valence-corrected chi connectivity index (χ3v) is 7.37. The van der Waals surface area contributed by atoms with Crippen molar-refractivity contribution in [3.63, 3.8) is 0 Å². The Bertz CT molecular complexity index is 1060. The van der Waals surface area contributed by atoms with Crippen LogP contribution in [0.2, 0.25) is 0 Å². The van der Waals surface area contributed by atoms with Gasteiger partial charge in [0, 0.05) is 28.9 Å². The number of ether oxygens (including phenoxy) is 2. The minimum Gasteiger partial charge on any atom is -0.399 e. The molecule has 3 fully saturated rings. The van der Waals surface area contributed by atoms with Crippen molar-refractivity contribution < 1.29 is 28.4 Å². The average Bonchev–Trinajstić information content (AvgIpc) is 3.08. The van der Waals surface area contributed by atoms with Gasteiger partial charge < -0.3 is 28.6 Å². The molecule has 0 aromatic heterocycles. The number of anilines is 2. The lowest BCUT2D eigenvalue weighted by Gasteiger charge is -2.32. The summed E-state index contributed by atoms with van der Waals surface area (Å²) in [4.78, 5) is 26.8. The number of carbonyl (C=O) groups is 2. The molecule has 192 valence electrons. The predicted molar refractivity (Wildman–Crippen MR) is 143 cm³/mol. The molecule has 0 atom stereocenters. The van der Waals surface area contributed by atoms with Crippen LogP contribution in [0.4, 0.5) is 11.4 Å². The molecule has 3 saturated heterocycles. The van der Waals surface area contributed by atoms with Gasteiger partial charge in [-0.1, -0.05) is 28.1 Å². The number of amides is 2. The second-order valence-electron chi connectivity index (χ2n) is 9.85. The lowest BCUT2D eigenvalue weighted by atomic mass is 9.79. The third kappa shape index (κ3) is 6.00. The molecule has 36 heavy (non-hydrogen) atoms. The van der Waals surface area contributed by atoms with E-state index in [2.05, 4.69) is 15.9 Å². The van der Waals surface area contributed by atoms with Crippen molar-refractivity contribution in [2.75, 3.05) is 49.3 Å². The topological polar surface area (TPSA) is 77.5 Å². The number of morpholine rings is 2. The molecule has 5 rings (SSSR count). The SMILES string of the molecule is CC1(C)OB(c2ccc(N3CCOCC3=O)cc2)OC1(C)C.O=C1COCCN1c1ccc(Br)cc1. The molecule has 3 heterocycles. The lowest BCUT2D eigenvalue weighted by Crippen LogP contribution is -2.42. The summed E-state index contributed by atoms with van der Waals surface area (Å²) in [5, 5.41) is 0. The third-order valence-electron chi connectivity index (χ3n) is 6.84. The van der Waals surface area contributed by atoms with Crippen LogP contribution in [-0.2, 0) is 28.4 Å². The van der Waals surface area contributed by atoms with Crippen LogP contribution in [0.15, 0.2) is 53.0 Å². The van der Waals surface area contributed by atoms with Gasteiger partial charge in [0.15, 0.2) is 0 Å². The number of hydrogen-bond donors (Lipinski definition) is 0. The summed E-state index contributed by atoms with van der Waals surface area (Å²) in [6, 6.07) is 15.5. The lowest BCUT2D eigenvalue weighted by molar-refractivity contribution is -0.126. The summed E-state index contributed by atoms with van der Waals surface area (Å²) < 4.78 is 23.3. The van der Waals surface area contributed by atoms with E-state index in [1.165, 1.54) is 0 Å². The highest BCUT2D eigenvalue weighted by Gasteiger charge is 2.51. The van der Waals surface area contributed by atoms with Gasteiger partial charge in [-0.25, -0.2) is 0 Å². The summed E-state index contributed by atoms with van der Waals surface area (Å²) in [6.45, 7) is 10.9. The molecular weight excluding hydrogens is 527 g/mol. The fraction of sp³-hybridized carbons (Fsp3) is 0.462. The van der Waals surface area contributed by atoms with Gasteiger partial charge in [0.1, 0.15) is 13.2 Å². The zero-order valence-electron chi connectivity index (χ0n) is 21.2. The number of hydrogen-bond acceptors (Lipinski definition) is 6. The number of benzene rings is 2. The molecule has 0 spiro atoms. The van der Waals surface area contributed by atoms with Crippen molar-refractivity contribution in [1.82, 2.24) is 0 Å². The number of nitrogens with zero attached hydrogens (tertiary/aromatic N) is 2.